The molecule has 4 aromatic rings. The molecule has 0 atom stereocenters. The minimum absolute atomic E-state index is 0.0932. The molecule has 142 valence electrons. The number of methoxy groups -OCH3 is 2. The van der Waals surface area contributed by atoms with Gasteiger partial charge in [0.05, 0.1) is 32.5 Å². The first-order valence-corrected chi connectivity index (χ1v) is 9.32. The van der Waals surface area contributed by atoms with E-state index in [4.69, 9.17) is 15.2 Å². The maximum absolute atomic E-state index is 13.0. The summed E-state index contributed by atoms with van der Waals surface area (Å²) in [6.45, 7) is 0.384. The highest BCUT2D eigenvalue weighted by Gasteiger charge is 2.12. The highest BCUT2D eigenvalue weighted by molar-refractivity contribution is 7.21. The average Bonchev–Trinajstić information content (AvgIpc) is 3.15. The average molecular weight is 394 g/mol. The molecule has 4 rings (SSSR count). The summed E-state index contributed by atoms with van der Waals surface area (Å²) >= 11 is 1.45. The maximum Gasteiger partial charge on any atom is 0.262 e. The number of pyridine rings is 1. The number of aromatic nitrogens is 3. The van der Waals surface area contributed by atoms with Crippen molar-refractivity contribution >= 4 is 27.4 Å². The standard InChI is InChI=1S/C20H18N4O3S/c1-26-15-4-3-12(7-16(15)27-2)10-24-11-23-19-14(20(24)25)9-17(28-19)13-5-6-22-18(21)8-13/h3-9,11H,10H2,1-2H3,(H2,21,22). The second kappa shape index (κ2) is 7.32. The van der Waals surface area contributed by atoms with Crippen molar-refractivity contribution in [3.05, 3.63) is 64.8 Å². The Kier molecular flexibility index (Phi) is 4.70. The summed E-state index contributed by atoms with van der Waals surface area (Å²) in [4.78, 5) is 23.0. The molecule has 3 aromatic heterocycles. The van der Waals surface area contributed by atoms with Gasteiger partial charge in [0.15, 0.2) is 11.5 Å². The van der Waals surface area contributed by atoms with Crippen LogP contribution < -0.4 is 20.8 Å². The van der Waals surface area contributed by atoms with E-state index in [0.29, 0.717) is 34.1 Å². The van der Waals surface area contributed by atoms with Crippen molar-refractivity contribution in [1.82, 2.24) is 14.5 Å². The van der Waals surface area contributed by atoms with Crippen LogP contribution in [0, 0.1) is 0 Å². The summed E-state index contributed by atoms with van der Waals surface area (Å²) in [6.07, 6.45) is 3.22. The van der Waals surface area contributed by atoms with E-state index in [1.807, 2.05) is 30.3 Å². The second-order valence-corrected chi connectivity index (χ2v) is 7.20. The van der Waals surface area contributed by atoms with E-state index in [1.54, 1.807) is 37.4 Å². The van der Waals surface area contributed by atoms with Gasteiger partial charge in [-0.05, 0) is 41.5 Å². The summed E-state index contributed by atoms with van der Waals surface area (Å²) in [5.41, 5.74) is 7.51. The van der Waals surface area contributed by atoms with Gasteiger partial charge in [-0.3, -0.25) is 9.36 Å². The zero-order chi connectivity index (χ0) is 19.7. The normalized spacial score (nSPS) is 10.9. The molecule has 0 unspecified atom stereocenters. The second-order valence-electron chi connectivity index (χ2n) is 6.17. The SMILES string of the molecule is COc1ccc(Cn2cnc3sc(-c4ccnc(N)c4)cc3c2=O)cc1OC. The van der Waals surface area contributed by atoms with Gasteiger partial charge in [-0.2, -0.15) is 0 Å². The predicted octanol–water partition coefficient (Wildman–Crippen LogP) is 3.17. The van der Waals surface area contributed by atoms with E-state index in [-0.39, 0.29) is 5.56 Å². The number of rotatable bonds is 5. The molecular formula is C20H18N4O3S. The van der Waals surface area contributed by atoms with Gasteiger partial charge in [0, 0.05) is 11.1 Å². The quantitative estimate of drug-likeness (QED) is 0.559. The van der Waals surface area contributed by atoms with E-state index in [9.17, 15) is 4.79 Å². The molecule has 8 heteroatoms. The summed E-state index contributed by atoms with van der Waals surface area (Å²) < 4.78 is 12.2. The largest absolute Gasteiger partial charge is 0.493 e. The zero-order valence-corrected chi connectivity index (χ0v) is 16.2. The molecule has 3 heterocycles. The lowest BCUT2D eigenvalue weighted by Gasteiger charge is -2.10. The molecule has 0 bridgehead atoms. The first kappa shape index (κ1) is 18.0. The summed E-state index contributed by atoms with van der Waals surface area (Å²) in [5.74, 6) is 1.70. The Labute approximate surface area is 165 Å². The summed E-state index contributed by atoms with van der Waals surface area (Å²) in [5, 5.41) is 0.582. The van der Waals surface area contributed by atoms with Gasteiger partial charge in [-0.25, -0.2) is 9.97 Å². The lowest BCUT2D eigenvalue weighted by molar-refractivity contribution is 0.354. The highest BCUT2D eigenvalue weighted by Crippen LogP contribution is 2.31. The third-order valence-electron chi connectivity index (χ3n) is 4.38. The molecule has 0 aliphatic heterocycles. The molecule has 0 radical (unpaired) electrons. The van der Waals surface area contributed by atoms with Crippen LogP contribution in [0.1, 0.15) is 5.56 Å². The van der Waals surface area contributed by atoms with Crippen molar-refractivity contribution in [3.63, 3.8) is 0 Å². The fraction of sp³-hybridized carbons (Fsp3) is 0.150. The molecule has 0 fully saturated rings. The molecule has 28 heavy (non-hydrogen) atoms. The first-order valence-electron chi connectivity index (χ1n) is 8.51. The van der Waals surface area contributed by atoms with Crippen molar-refractivity contribution in [2.75, 3.05) is 20.0 Å². The number of benzene rings is 1. The number of hydrogen-bond donors (Lipinski definition) is 1. The zero-order valence-electron chi connectivity index (χ0n) is 15.4. The Morgan fingerprint density at radius 3 is 2.64 bits per heavy atom. The van der Waals surface area contributed by atoms with Crippen molar-refractivity contribution < 1.29 is 9.47 Å². The van der Waals surface area contributed by atoms with Crippen LogP contribution in [0.5, 0.6) is 11.5 Å². The van der Waals surface area contributed by atoms with E-state index in [1.165, 1.54) is 11.3 Å². The topological polar surface area (TPSA) is 92.3 Å². The molecule has 0 amide bonds. The molecule has 0 saturated heterocycles. The molecule has 7 nitrogen and oxygen atoms in total. The number of nitrogens with two attached hydrogens (primary N) is 1. The fourth-order valence-corrected chi connectivity index (χ4v) is 3.98. The Hall–Kier alpha value is -3.39. The number of thiophene rings is 1. The third-order valence-corrected chi connectivity index (χ3v) is 5.48. The Morgan fingerprint density at radius 2 is 1.89 bits per heavy atom. The van der Waals surface area contributed by atoms with Crippen molar-refractivity contribution in [2.24, 2.45) is 0 Å². The van der Waals surface area contributed by atoms with Crippen LogP contribution in [0.3, 0.4) is 0 Å². The van der Waals surface area contributed by atoms with Gasteiger partial charge >= 0.3 is 0 Å². The molecule has 0 spiro atoms. The van der Waals surface area contributed by atoms with E-state index in [2.05, 4.69) is 9.97 Å². The number of ether oxygens (including phenoxy) is 2. The minimum atomic E-state index is -0.0932. The van der Waals surface area contributed by atoms with Crippen LogP contribution in [0.2, 0.25) is 0 Å². The lowest BCUT2D eigenvalue weighted by atomic mass is 10.2. The molecule has 0 saturated carbocycles. The van der Waals surface area contributed by atoms with Crippen molar-refractivity contribution in [1.29, 1.82) is 0 Å². The molecule has 0 aliphatic carbocycles. The third kappa shape index (κ3) is 3.29. The van der Waals surface area contributed by atoms with Crippen LogP contribution in [-0.2, 0) is 6.54 Å². The Morgan fingerprint density at radius 1 is 1.07 bits per heavy atom. The Balaban J connectivity index is 1.71. The molecule has 1 aromatic carbocycles. The van der Waals surface area contributed by atoms with Crippen LogP contribution >= 0.6 is 11.3 Å². The van der Waals surface area contributed by atoms with Gasteiger partial charge in [0.2, 0.25) is 0 Å². The van der Waals surface area contributed by atoms with Crippen molar-refractivity contribution in [3.8, 4) is 21.9 Å². The van der Waals surface area contributed by atoms with Crippen LogP contribution in [0.4, 0.5) is 5.82 Å². The van der Waals surface area contributed by atoms with Crippen LogP contribution in [-0.4, -0.2) is 28.8 Å². The van der Waals surface area contributed by atoms with E-state index in [0.717, 1.165) is 16.0 Å². The van der Waals surface area contributed by atoms with Gasteiger partial charge in [0.1, 0.15) is 10.6 Å². The highest BCUT2D eigenvalue weighted by atomic mass is 32.1. The maximum atomic E-state index is 13.0. The molecule has 2 N–H and O–H groups in total. The van der Waals surface area contributed by atoms with E-state index >= 15 is 0 Å². The van der Waals surface area contributed by atoms with Gasteiger partial charge in [0.25, 0.3) is 5.56 Å². The van der Waals surface area contributed by atoms with Crippen LogP contribution in [0.25, 0.3) is 20.7 Å². The summed E-state index contributed by atoms with van der Waals surface area (Å²) in [6, 6.07) is 11.1. The van der Waals surface area contributed by atoms with Gasteiger partial charge < -0.3 is 15.2 Å². The number of nitrogens with zero attached hydrogens (tertiary/aromatic N) is 3. The van der Waals surface area contributed by atoms with E-state index < -0.39 is 0 Å². The monoisotopic (exact) mass is 394 g/mol. The van der Waals surface area contributed by atoms with Crippen molar-refractivity contribution in [2.45, 2.75) is 6.54 Å². The van der Waals surface area contributed by atoms with Gasteiger partial charge in [-0.1, -0.05) is 6.07 Å². The number of anilines is 1. The molecular weight excluding hydrogens is 376 g/mol. The predicted molar refractivity (Wildman–Crippen MR) is 110 cm³/mol. The number of hydrogen-bond acceptors (Lipinski definition) is 7. The smallest absolute Gasteiger partial charge is 0.262 e. The Bertz CT molecular complexity index is 1220. The minimum Gasteiger partial charge on any atom is -0.493 e. The number of nitrogen functional groups attached to an aromatic ring is 1. The first-order chi connectivity index (χ1) is 13.6. The fourth-order valence-electron chi connectivity index (χ4n) is 2.99. The molecule has 0 aliphatic rings. The lowest BCUT2D eigenvalue weighted by Crippen LogP contribution is -2.20. The number of fused-ring (bicyclic) bond motifs is 1. The van der Waals surface area contributed by atoms with Crippen LogP contribution in [0.15, 0.2) is 53.7 Å². The summed E-state index contributed by atoms with van der Waals surface area (Å²) in [7, 11) is 3.17. The van der Waals surface area contributed by atoms with Gasteiger partial charge in [-0.15, -0.1) is 11.3 Å².